The van der Waals surface area contributed by atoms with Crippen molar-refractivity contribution >= 4 is 10.8 Å². The highest BCUT2D eigenvalue weighted by Gasteiger charge is 2.09. The molecule has 3 rings (SSSR count). The van der Waals surface area contributed by atoms with Crippen LogP contribution in [-0.2, 0) is 6.42 Å². The third-order valence-corrected chi connectivity index (χ3v) is 3.68. The van der Waals surface area contributed by atoms with Gasteiger partial charge in [0.25, 0.3) is 0 Å². The van der Waals surface area contributed by atoms with Crippen molar-refractivity contribution in [2.24, 2.45) is 0 Å². The molecule has 1 saturated heterocycles. The highest BCUT2D eigenvalue weighted by Crippen LogP contribution is 2.18. The maximum Gasteiger partial charge on any atom is 0.0349 e. The second kappa shape index (κ2) is 5.46. The van der Waals surface area contributed by atoms with Crippen molar-refractivity contribution in [2.45, 2.75) is 6.42 Å². The third-order valence-electron chi connectivity index (χ3n) is 3.68. The minimum absolute atomic E-state index is 1.11. The van der Waals surface area contributed by atoms with Gasteiger partial charge < -0.3 is 10.2 Å². The van der Waals surface area contributed by atoms with Crippen LogP contribution in [0, 0.1) is 0 Å². The predicted octanol–water partition coefficient (Wildman–Crippen LogP) is 1.68. The molecule has 0 atom stereocenters. The average Bonchev–Trinajstić information content (AvgIpc) is 2.46. The highest BCUT2D eigenvalue weighted by molar-refractivity contribution is 5.84. The van der Waals surface area contributed by atoms with Crippen LogP contribution in [0.3, 0.4) is 0 Å². The fraction of sp³-hybridized carbons (Fsp3) is 0.400. The first-order valence-electron chi connectivity index (χ1n) is 6.68. The number of fused-ring (bicyclic) bond motifs is 1. The largest absolute Gasteiger partial charge is 0.314 e. The molecule has 18 heavy (non-hydrogen) atoms. The molecule has 0 saturated carbocycles. The molecule has 1 aromatic heterocycles. The van der Waals surface area contributed by atoms with Crippen molar-refractivity contribution in [3.8, 4) is 0 Å². The standard InChI is InChI=1S/C15H19N3/c1-2-13-4-6-17-12-15(13)14(3-1)5-9-18-10-7-16-8-11-18/h1-4,6,12,16H,5,7-11H2. The number of pyridine rings is 1. The number of rotatable bonds is 3. The van der Waals surface area contributed by atoms with Gasteiger partial charge in [0.05, 0.1) is 0 Å². The fourth-order valence-corrected chi connectivity index (χ4v) is 2.61. The van der Waals surface area contributed by atoms with E-state index in [0.29, 0.717) is 0 Å². The second-order valence-electron chi connectivity index (χ2n) is 4.86. The van der Waals surface area contributed by atoms with Crippen LogP contribution >= 0.6 is 0 Å². The smallest absolute Gasteiger partial charge is 0.0349 e. The van der Waals surface area contributed by atoms with E-state index >= 15 is 0 Å². The lowest BCUT2D eigenvalue weighted by molar-refractivity contribution is 0.244. The van der Waals surface area contributed by atoms with Crippen molar-refractivity contribution in [1.29, 1.82) is 0 Å². The maximum atomic E-state index is 4.24. The van der Waals surface area contributed by atoms with Crippen LogP contribution in [0.1, 0.15) is 5.56 Å². The van der Waals surface area contributed by atoms with Crippen molar-refractivity contribution in [2.75, 3.05) is 32.7 Å². The minimum Gasteiger partial charge on any atom is -0.314 e. The molecule has 3 heteroatoms. The Bertz CT molecular complexity index is 513. The Morgan fingerprint density at radius 3 is 2.94 bits per heavy atom. The first kappa shape index (κ1) is 11.6. The lowest BCUT2D eigenvalue weighted by Gasteiger charge is -2.27. The van der Waals surface area contributed by atoms with Crippen molar-refractivity contribution < 1.29 is 0 Å². The molecule has 94 valence electrons. The number of benzene rings is 1. The Labute approximate surface area is 108 Å². The van der Waals surface area contributed by atoms with E-state index in [1.807, 2.05) is 12.4 Å². The zero-order valence-corrected chi connectivity index (χ0v) is 10.6. The molecule has 1 aliphatic heterocycles. The van der Waals surface area contributed by atoms with Gasteiger partial charge in [-0.2, -0.15) is 0 Å². The molecule has 0 bridgehead atoms. The van der Waals surface area contributed by atoms with Gasteiger partial charge in [-0.25, -0.2) is 0 Å². The molecular formula is C15H19N3. The summed E-state index contributed by atoms with van der Waals surface area (Å²) in [7, 11) is 0. The van der Waals surface area contributed by atoms with Crippen LogP contribution in [0.2, 0.25) is 0 Å². The summed E-state index contributed by atoms with van der Waals surface area (Å²) in [5.41, 5.74) is 1.42. The normalized spacial score (nSPS) is 17.1. The molecule has 0 aliphatic carbocycles. The quantitative estimate of drug-likeness (QED) is 0.886. The Morgan fingerprint density at radius 1 is 1.17 bits per heavy atom. The average molecular weight is 241 g/mol. The molecule has 1 N–H and O–H groups in total. The van der Waals surface area contributed by atoms with Gasteiger partial charge in [-0.05, 0) is 23.4 Å². The summed E-state index contributed by atoms with van der Waals surface area (Å²) in [6.07, 6.45) is 4.97. The van der Waals surface area contributed by atoms with Crippen molar-refractivity contribution in [1.82, 2.24) is 15.2 Å². The van der Waals surface area contributed by atoms with Crippen LogP contribution in [-0.4, -0.2) is 42.6 Å². The number of hydrogen-bond donors (Lipinski definition) is 1. The molecule has 2 heterocycles. The highest BCUT2D eigenvalue weighted by atomic mass is 15.2. The number of aromatic nitrogens is 1. The lowest BCUT2D eigenvalue weighted by atomic mass is 10.0. The summed E-state index contributed by atoms with van der Waals surface area (Å²) in [5, 5.41) is 5.99. The van der Waals surface area contributed by atoms with E-state index in [4.69, 9.17) is 0 Å². The number of nitrogens with one attached hydrogen (secondary N) is 1. The maximum absolute atomic E-state index is 4.24. The summed E-state index contributed by atoms with van der Waals surface area (Å²) in [5.74, 6) is 0. The Morgan fingerprint density at radius 2 is 2.06 bits per heavy atom. The summed E-state index contributed by atoms with van der Waals surface area (Å²) in [6, 6.07) is 8.62. The number of nitrogens with zero attached hydrogens (tertiary/aromatic N) is 2. The van der Waals surface area contributed by atoms with Gasteiger partial charge in [-0.15, -0.1) is 0 Å². The molecule has 0 unspecified atom stereocenters. The topological polar surface area (TPSA) is 28.2 Å². The fourth-order valence-electron chi connectivity index (χ4n) is 2.61. The van der Waals surface area contributed by atoms with E-state index in [2.05, 4.69) is 39.5 Å². The molecular weight excluding hydrogens is 222 g/mol. The molecule has 1 aliphatic rings. The van der Waals surface area contributed by atoms with Gasteiger partial charge in [-0.1, -0.05) is 18.2 Å². The van der Waals surface area contributed by atoms with Crippen molar-refractivity contribution in [3.63, 3.8) is 0 Å². The second-order valence-corrected chi connectivity index (χ2v) is 4.86. The minimum atomic E-state index is 1.11. The van der Waals surface area contributed by atoms with E-state index in [1.54, 1.807) is 0 Å². The van der Waals surface area contributed by atoms with Gasteiger partial charge >= 0.3 is 0 Å². The lowest BCUT2D eigenvalue weighted by Crippen LogP contribution is -2.44. The molecule has 1 aromatic carbocycles. The van der Waals surface area contributed by atoms with Gasteiger partial charge in [-0.3, -0.25) is 4.98 Å². The van der Waals surface area contributed by atoms with E-state index in [-0.39, 0.29) is 0 Å². The predicted molar refractivity (Wildman–Crippen MR) is 74.8 cm³/mol. The first-order chi connectivity index (χ1) is 8.93. The monoisotopic (exact) mass is 241 g/mol. The summed E-state index contributed by atoms with van der Waals surface area (Å²) >= 11 is 0. The van der Waals surface area contributed by atoms with Crippen LogP contribution in [0.4, 0.5) is 0 Å². The Balaban J connectivity index is 1.74. The molecule has 2 aromatic rings. The number of hydrogen-bond acceptors (Lipinski definition) is 3. The van der Waals surface area contributed by atoms with Crippen molar-refractivity contribution in [3.05, 3.63) is 42.2 Å². The van der Waals surface area contributed by atoms with E-state index < -0.39 is 0 Å². The Kier molecular flexibility index (Phi) is 3.53. The van der Waals surface area contributed by atoms with Crippen LogP contribution in [0.5, 0.6) is 0 Å². The Hall–Kier alpha value is -1.45. The van der Waals surface area contributed by atoms with Crippen LogP contribution in [0.15, 0.2) is 36.7 Å². The van der Waals surface area contributed by atoms with Crippen LogP contribution in [0.25, 0.3) is 10.8 Å². The van der Waals surface area contributed by atoms with Gasteiger partial charge in [0.2, 0.25) is 0 Å². The van der Waals surface area contributed by atoms with E-state index in [0.717, 1.165) is 26.1 Å². The molecule has 0 amide bonds. The number of piperazine rings is 1. The van der Waals surface area contributed by atoms with E-state index in [1.165, 1.54) is 29.4 Å². The van der Waals surface area contributed by atoms with Gasteiger partial charge in [0.1, 0.15) is 0 Å². The van der Waals surface area contributed by atoms with Gasteiger partial charge in [0, 0.05) is 50.5 Å². The molecule has 0 spiro atoms. The van der Waals surface area contributed by atoms with Gasteiger partial charge in [0.15, 0.2) is 0 Å². The summed E-state index contributed by atoms with van der Waals surface area (Å²) < 4.78 is 0. The zero-order valence-electron chi connectivity index (χ0n) is 10.6. The first-order valence-corrected chi connectivity index (χ1v) is 6.68. The molecule has 1 fully saturated rings. The van der Waals surface area contributed by atoms with Crippen LogP contribution < -0.4 is 5.32 Å². The zero-order chi connectivity index (χ0) is 12.2. The SMILES string of the molecule is c1cc(CCN2CCNCC2)c2cnccc2c1. The summed E-state index contributed by atoms with van der Waals surface area (Å²) in [4.78, 5) is 6.78. The summed E-state index contributed by atoms with van der Waals surface area (Å²) in [6.45, 7) is 5.73. The third kappa shape index (κ3) is 2.52. The molecule has 3 nitrogen and oxygen atoms in total. The van der Waals surface area contributed by atoms with E-state index in [9.17, 15) is 0 Å². The molecule has 0 radical (unpaired) electrons.